The zero-order valence-corrected chi connectivity index (χ0v) is 15.7. The number of anilines is 1. The number of fused-ring (bicyclic) bond motifs is 1. The van der Waals surface area contributed by atoms with Gasteiger partial charge in [-0.2, -0.15) is 5.26 Å². The van der Waals surface area contributed by atoms with Crippen LogP contribution in [0.1, 0.15) is 17.7 Å². The number of likely N-dealkylation sites (tertiary alicyclic amines) is 1. The number of hydrogen-bond donors (Lipinski definition) is 1. The van der Waals surface area contributed by atoms with Crippen LogP contribution in [0.15, 0.2) is 30.5 Å². The minimum atomic E-state index is 0.436. The third-order valence-corrected chi connectivity index (χ3v) is 6.36. The first kappa shape index (κ1) is 16.7. The lowest BCUT2D eigenvalue weighted by Gasteiger charge is -2.41. The largest absolute Gasteiger partial charge is 0.378 e. The highest BCUT2D eigenvalue weighted by molar-refractivity contribution is 7.15. The summed E-state index contributed by atoms with van der Waals surface area (Å²) in [5.74, 6) is 0.865. The molecular weight excluding hydrogens is 360 g/mol. The molecule has 0 atom stereocenters. The predicted molar refractivity (Wildman–Crippen MR) is 104 cm³/mol. The zero-order chi connectivity index (χ0) is 18.2. The standard InChI is InChI=1S/C19H20N6OS/c20-9-15-1-2-17(27-15)16-10-21-19-4-3-18(23-25(16)19)22-13-5-7-24(8-6-13)14-11-26-12-14/h1-4,10,13-14H,5-8,11-12H2,(H,22,23). The van der Waals surface area contributed by atoms with Gasteiger partial charge in [-0.3, -0.25) is 4.90 Å². The van der Waals surface area contributed by atoms with Gasteiger partial charge in [-0.25, -0.2) is 9.50 Å². The summed E-state index contributed by atoms with van der Waals surface area (Å²) in [6.07, 6.45) is 4.05. The van der Waals surface area contributed by atoms with Gasteiger partial charge in [0.2, 0.25) is 0 Å². The fourth-order valence-corrected chi connectivity index (χ4v) is 4.50. The lowest BCUT2D eigenvalue weighted by molar-refractivity contribution is -0.0705. The van der Waals surface area contributed by atoms with Gasteiger partial charge < -0.3 is 10.1 Å². The molecule has 0 unspecified atom stereocenters. The van der Waals surface area contributed by atoms with E-state index in [9.17, 15) is 0 Å². The second-order valence-corrected chi connectivity index (χ2v) is 8.14. The number of nitrogens with one attached hydrogen (secondary N) is 1. The smallest absolute Gasteiger partial charge is 0.154 e. The second-order valence-electron chi connectivity index (χ2n) is 7.05. The molecule has 0 aliphatic carbocycles. The number of aromatic nitrogens is 3. The van der Waals surface area contributed by atoms with Crippen molar-refractivity contribution in [1.82, 2.24) is 19.5 Å². The Morgan fingerprint density at radius 3 is 2.74 bits per heavy atom. The summed E-state index contributed by atoms with van der Waals surface area (Å²) >= 11 is 1.46. The fraction of sp³-hybridized carbons (Fsp3) is 0.421. The van der Waals surface area contributed by atoms with Crippen LogP contribution in [-0.2, 0) is 4.74 Å². The highest BCUT2D eigenvalue weighted by Gasteiger charge is 2.29. The summed E-state index contributed by atoms with van der Waals surface area (Å²) in [4.78, 5) is 8.67. The molecule has 2 saturated heterocycles. The molecule has 0 spiro atoms. The van der Waals surface area contributed by atoms with E-state index in [-0.39, 0.29) is 0 Å². The minimum Gasteiger partial charge on any atom is -0.378 e. The molecule has 1 N–H and O–H groups in total. The van der Waals surface area contributed by atoms with Crippen molar-refractivity contribution in [3.8, 4) is 16.6 Å². The Labute approximate surface area is 161 Å². The molecule has 8 heteroatoms. The summed E-state index contributed by atoms with van der Waals surface area (Å²) in [6.45, 7) is 3.98. The highest BCUT2D eigenvalue weighted by atomic mass is 32.1. The number of thiophene rings is 1. The van der Waals surface area contributed by atoms with E-state index in [0.717, 1.165) is 61.2 Å². The Morgan fingerprint density at radius 2 is 2.04 bits per heavy atom. The monoisotopic (exact) mass is 380 g/mol. The van der Waals surface area contributed by atoms with Crippen LogP contribution >= 0.6 is 11.3 Å². The molecule has 0 bridgehead atoms. The van der Waals surface area contributed by atoms with Gasteiger partial charge in [0.1, 0.15) is 22.5 Å². The first-order chi connectivity index (χ1) is 13.3. The maximum absolute atomic E-state index is 9.06. The summed E-state index contributed by atoms with van der Waals surface area (Å²) in [7, 11) is 0. The molecule has 3 aromatic rings. The van der Waals surface area contributed by atoms with Gasteiger partial charge in [-0.05, 0) is 37.1 Å². The van der Waals surface area contributed by atoms with E-state index < -0.39 is 0 Å². The number of ether oxygens (including phenoxy) is 1. The number of rotatable bonds is 4. The Kier molecular flexibility index (Phi) is 4.28. The second kappa shape index (κ2) is 6.93. The first-order valence-electron chi connectivity index (χ1n) is 9.23. The normalized spacial score (nSPS) is 19.1. The van der Waals surface area contributed by atoms with Crippen LogP contribution in [0.2, 0.25) is 0 Å². The molecule has 0 radical (unpaired) electrons. The first-order valence-corrected chi connectivity index (χ1v) is 10.1. The van der Waals surface area contributed by atoms with Crippen LogP contribution in [0.5, 0.6) is 0 Å². The van der Waals surface area contributed by atoms with E-state index >= 15 is 0 Å². The van der Waals surface area contributed by atoms with Crippen molar-refractivity contribution >= 4 is 22.8 Å². The van der Waals surface area contributed by atoms with Crippen LogP contribution < -0.4 is 5.32 Å². The minimum absolute atomic E-state index is 0.436. The lowest BCUT2D eigenvalue weighted by Crippen LogP contribution is -2.53. The molecular formula is C19H20N6OS. The Bertz CT molecular complexity index is 993. The van der Waals surface area contributed by atoms with Crippen molar-refractivity contribution < 1.29 is 4.74 Å². The number of imidazole rings is 1. The Morgan fingerprint density at radius 1 is 1.19 bits per heavy atom. The van der Waals surface area contributed by atoms with Crippen LogP contribution in [0, 0.1) is 11.3 Å². The molecule has 0 amide bonds. The third kappa shape index (κ3) is 3.18. The molecule has 5 rings (SSSR count). The van der Waals surface area contributed by atoms with Gasteiger partial charge in [0, 0.05) is 19.1 Å². The Balaban J connectivity index is 1.32. The van der Waals surface area contributed by atoms with Crippen molar-refractivity contribution in [3.63, 3.8) is 0 Å². The summed E-state index contributed by atoms with van der Waals surface area (Å²) < 4.78 is 7.16. The maximum Gasteiger partial charge on any atom is 0.154 e. The predicted octanol–water partition coefficient (Wildman–Crippen LogP) is 2.60. The quantitative estimate of drug-likeness (QED) is 0.750. The van der Waals surface area contributed by atoms with Crippen molar-refractivity contribution in [2.24, 2.45) is 0 Å². The van der Waals surface area contributed by atoms with Gasteiger partial charge in [-0.15, -0.1) is 16.4 Å². The van der Waals surface area contributed by atoms with Crippen LogP contribution in [0.4, 0.5) is 5.82 Å². The molecule has 0 saturated carbocycles. The van der Waals surface area contributed by atoms with E-state index in [1.54, 1.807) is 0 Å². The van der Waals surface area contributed by atoms with E-state index in [2.05, 4.69) is 21.3 Å². The number of piperidine rings is 1. The molecule has 2 aliphatic heterocycles. The molecule has 138 valence electrons. The van der Waals surface area contributed by atoms with Gasteiger partial charge >= 0.3 is 0 Å². The third-order valence-electron chi connectivity index (χ3n) is 5.35. The zero-order valence-electron chi connectivity index (χ0n) is 14.8. The van der Waals surface area contributed by atoms with E-state index in [1.807, 2.05) is 35.0 Å². The summed E-state index contributed by atoms with van der Waals surface area (Å²) in [5.41, 5.74) is 1.72. The lowest BCUT2D eigenvalue weighted by atomic mass is 10.0. The molecule has 5 heterocycles. The molecule has 2 fully saturated rings. The van der Waals surface area contributed by atoms with Crippen LogP contribution in [-0.4, -0.2) is 57.9 Å². The average molecular weight is 380 g/mol. The summed E-state index contributed by atoms with van der Waals surface area (Å²) in [5, 5.41) is 17.4. The van der Waals surface area contributed by atoms with Gasteiger partial charge in [-0.1, -0.05) is 0 Å². The van der Waals surface area contributed by atoms with Crippen LogP contribution in [0.25, 0.3) is 16.2 Å². The van der Waals surface area contributed by atoms with Crippen molar-refractivity contribution in [3.05, 3.63) is 35.3 Å². The summed E-state index contributed by atoms with van der Waals surface area (Å²) in [6, 6.07) is 11.0. The molecule has 2 aliphatic rings. The highest BCUT2D eigenvalue weighted by Crippen LogP contribution is 2.28. The fourth-order valence-electron chi connectivity index (χ4n) is 3.71. The molecule has 7 nitrogen and oxygen atoms in total. The van der Waals surface area contributed by atoms with E-state index in [4.69, 9.17) is 15.1 Å². The maximum atomic E-state index is 9.06. The van der Waals surface area contributed by atoms with Crippen molar-refractivity contribution in [2.75, 3.05) is 31.6 Å². The van der Waals surface area contributed by atoms with Gasteiger partial charge in [0.25, 0.3) is 0 Å². The molecule has 27 heavy (non-hydrogen) atoms. The van der Waals surface area contributed by atoms with Crippen LogP contribution in [0.3, 0.4) is 0 Å². The average Bonchev–Trinajstić information content (AvgIpc) is 3.28. The van der Waals surface area contributed by atoms with Gasteiger partial charge in [0.05, 0.1) is 30.3 Å². The SMILES string of the molecule is N#Cc1ccc(-c2cnc3ccc(NC4CCN(C5COC5)CC4)nn23)s1. The van der Waals surface area contributed by atoms with Crippen molar-refractivity contribution in [1.29, 1.82) is 5.26 Å². The number of hydrogen-bond acceptors (Lipinski definition) is 7. The molecule has 0 aromatic carbocycles. The van der Waals surface area contributed by atoms with E-state index in [1.165, 1.54) is 11.3 Å². The Hall–Kier alpha value is -2.47. The van der Waals surface area contributed by atoms with Crippen molar-refractivity contribution in [2.45, 2.75) is 24.9 Å². The van der Waals surface area contributed by atoms with Gasteiger partial charge in [0.15, 0.2) is 5.65 Å². The van der Waals surface area contributed by atoms with E-state index in [0.29, 0.717) is 17.0 Å². The topological polar surface area (TPSA) is 78.5 Å². The number of nitriles is 1. The number of nitrogens with zero attached hydrogens (tertiary/aromatic N) is 5. The molecule has 3 aromatic heterocycles.